The molecule has 2 aromatic carbocycles. The second-order valence-electron chi connectivity index (χ2n) is 11.0. The number of carbonyl (C=O) groups excluding carboxylic acids is 2. The molecule has 206 valence electrons. The first-order chi connectivity index (χ1) is 18.1. The van der Waals surface area contributed by atoms with Crippen molar-refractivity contribution >= 4 is 23.6 Å². The van der Waals surface area contributed by atoms with Gasteiger partial charge in [-0.15, -0.1) is 0 Å². The average Bonchev–Trinajstić information content (AvgIpc) is 2.88. The molecule has 0 spiro atoms. The van der Waals surface area contributed by atoms with Gasteiger partial charge in [0.25, 0.3) is 5.91 Å². The van der Waals surface area contributed by atoms with Gasteiger partial charge in [0.2, 0.25) is 0 Å². The van der Waals surface area contributed by atoms with Crippen molar-refractivity contribution in [3.05, 3.63) is 59.7 Å². The number of benzene rings is 2. The van der Waals surface area contributed by atoms with E-state index < -0.39 is 5.97 Å². The first-order valence-electron chi connectivity index (χ1n) is 13.5. The van der Waals surface area contributed by atoms with Crippen LogP contribution >= 0.6 is 0 Å². The molecule has 8 nitrogen and oxygen atoms in total. The van der Waals surface area contributed by atoms with Crippen molar-refractivity contribution in [3.8, 4) is 5.75 Å². The highest BCUT2D eigenvalue weighted by Gasteiger charge is 2.33. The summed E-state index contributed by atoms with van der Waals surface area (Å²) in [7, 11) is 0. The Bertz CT molecular complexity index is 1070. The Labute approximate surface area is 225 Å². The quantitative estimate of drug-likeness (QED) is 0.358. The molecule has 2 aromatic rings. The zero-order valence-electron chi connectivity index (χ0n) is 23.0. The van der Waals surface area contributed by atoms with E-state index in [1.54, 1.807) is 12.1 Å². The number of urea groups is 1. The van der Waals surface area contributed by atoms with Crippen LogP contribution in [-0.4, -0.2) is 47.1 Å². The third-order valence-electron chi connectivity index (χ3n) is 7.23. The summed E-state index contributed by atoms with van der Waals surface area (Å²) in [5, 5.41) is 14.4. The molecule has 1 aliphatic carbocycles. The normalized spacial score (nSPS) is 17.4. The van der Waals surface area contributed by atoms with Crippen LogP contribution in [-0.2, 0) is 11.3 Å². The number of carboxylic acids is 1. The lowest BCUT2D eigenvalue weighted by molar-refractivity contribution is -0.136. The monoisotopic (exact) mass is 523 g/mol. The third kappa shape index (κ3) is 8.50. The molecule has 3 N–H and O–H groups in total. The molecule has 0 heterocycles. The molecule has 0 aromatic heterocycles. The molecule has 3 rings (SSSR count). The van der Waals surface area contributed by atoms with Gasteiger partial charge in [0.15, 0.2) is 0 Å². The SMILES string of the molecule is CCOc1ccc(NC(=O)N(Cc2ccc(C(=O)NCCC(=O)O)cc2)C2CCC(C(C)(C)C)CC2)cc1. The van der Waals surface area contributed by atoms with Crippen LogP contribution in [0.3, 0.4) is 0 Å². The molecular weight excluding hydrogens is 482 g/mol. The van der Waals surface area contributed by atoms with Crippen LogP contribution in [0.2, 0.25) is 0 Å². The number of anilines is 1. The maximum absolute atomic E-state index is 13.5. The lowest BCUT2D eigenvalue weighted by atomic mass is 9.71. The van der Waals surface area contributed by atoms with Gasteiger partial charge >= 0.3 is 12.0 Å². The fourth-order valence-electron chi connectivity index (χ4n) is 4.96. The summed E-state index contributed by atoms with van der Waals surface area (Å²) < 4.78 is 5.51. The van der Waals surface area contributed by atoms with Crippen LogP contribution in [0.1, 0.15) is 75.7 Å². The van der Waals surface area contributed by atoms with E-state index in [2.05, 4.69) is 31.4 Å². The second kappa shape index (κ2) is 13.3. The first kappa shape index (κ1) is 29.0. The number of nitrogens with zero attached hydrogens (tertiary/aromatic N) is 1. The molecule has 3 amide bonds. The molecule has 8 heteroatoms. The van der Waals surface area contributed by atoms with Gasteiger partial charge in [0.05, 0.1) is 13.0 Å². The molecule has 0 saturated heterocycles. The van der Waals surface area contributed by atoms with Crippen molar-refractivity contribution < 1.29 is 24.2 Å². The van der Waals surface area contributed by atoms with E-state index in [1.165, 1.54) is 0 Å². The number of carbonyl (C=O) groups is 3. The standard InChI is InChI=1S/C30H41N3O5/c1-5-38-26-16-12-24(13-17-26)32-29(37)33(25-14-10-23(11-15-25)30(2,3)4)20-21-6-8-22(9-7-21)28(36)31-19-18-27(34)35/h6-9,12-13,16-17,23,25H,5,10-11,14-15,18-20H2,1-4H3,(H,31,36)(H,32,37)(H,34,35). The lowest BCUT2D eigenvalue weighted by Crippen LogP contribution is -2.45. The van der Waals surface area contributed by atoms with E-state index in [4.69, 9.17) is 9.84 Å². The molecule has 1 saturated carbocycles. The lowest BCUT2D eigenvalue weighted by Gasteiger charge is -2.41. The van der Waals surface area contributed by atoms with Gasteiger partial charge in [-0.2, -0.15) is 0 Å². The minimum Gasteiger partial charge on any atom is -0.494 e. The molecule has 1 aliphatic rings. The molecule has 0 atom stereocenters. The molecular formula is C30H41N3O5. The minimum atomic E-state index is -0.958. The van der Waals surface area contributed by atoms with Gasteiger partial charge in [-0.1, -0.05) is 32.9 Å². The number of hydrogen-bond acceptors (Lipinski definition) is 4. The van der Waals surface area contributed by atoms with Crippen LogP contribution < -0.4 is 15.4 Å². The van der Waals surface area contributed by atoms with E-state index >= 15 is 0 Å². The Balaban J connectivity index is 1.71. The summed E-state index contributed by atoms with van der Waals surface area (Å²) in [4.78, 5) is 38.4. The van der Waals surface area contributed by atoms with Crippen LogP contribution in [0.4, 0.5) is 10.5 Å². The van der Waals surface area contributed by atoms with Gasteiger partial charge < -0.3 is 25.4 Å². The second-order valence-corrected chi connectivity index (χ2v) is 11.0. The van der Waals surface area contributed by atoms with Crippen molar-refractivity contribution in [2.45, 2.75) is 72.4 Å². The van der Waals surface area contributed by atoms with Crippen LogP contribution in [0, 0.1) is 11.3 Å². The Morgan fingerprint density at radius 1 is 0.974 bits per heavy atom. The third-order valence-corrected chi connectivity index (χ3v) is 7.23. The highest BCUT2D eigenvalue weighted by Crippen LogP contribution is 2.39. The van der Waals surface area contributed by atoms with Crippen molar-refractivity contribution in [2.75, 3.05) is 18.5 Å². The molecule has 0 unspecified atom stereocenters. The van der Waals surface area contributed by atoms with Crippen molar-refractivity contribution in [2.24, 2.45) is 11.3 Å². The van der Waals surface area contributed by atoms with Gasteiger partial charge in [-0.25, -0.2) is 4.79 Å². The number of rotatable bonds is 10. The number of amides is 3. The van der Waals surface area contributed by atoms with Crippen LogP contribution in [0.5, 0.6) is 5.75 Å². The number of carboxylic acid groups (broad SMARTS) is 1. The van der Waals surface area contributed by atoms with Crippen molar-refractivity contribution in [1.82, 2.24) is 10.2 Å². The van der Waals surface area contributed by atoms with E-state index in [-0.39, 0.29) is 36.4 Å². The maximum atomic E-state index is 13.5. The van der Waals surface area contributed by atoms with Gasteiger partial charge in [0.1, 0.15) is 5.75 Å². The number of aliphatic carboxylic acids is 1. The topological polar surface area (TPSA) is 108 Å². The Morgan fingerprint density at radius 3 is 2.16 bits per heavy atom. The van der Waals surface area contributed by atoms with E-state index in [0.29, 0.717) is 30.3 Å². The zero-order chi connectivity index (χ0) is 27.7. The van der Waals surface area contributed by atoms with Crippen molar-refractivity contribution in [3.63, 3.8) is 0 Å². The van der Waals surface area contributed by atoms with Crippen molar-refractivity contribution in [1.29, 1.82) is 0 Å². The predicted octanol–water partition coefficient (Wildman–Crippen LogP) is 5.93. The molecule has 0 bridgehead atoms. The molecule has 0 radical (unpaired) electrons. The molecule has 0 aliphatic heterocycles. The Morgan fingerprint density at radius 2 is 1.61 bits per heavy atom. The van der Waals surface area contributed by atoms with Gasteiger partial charge in [0, 0.05) is 30.4 Å². The summed E-state index contributed by atoms with van der Waals surface area (Å²) in [6.07, 6.45) is 3.93. The summed E-state index contributed by atoms with van der Waals surface area (Å²) in [5.74, 6) is 0.118. The van der Waals surface area contributed by atoms with Gasteiger partial charge in [-0.05, 0) is 85.9 Å². The fourth-order valence-corrected chi connectivity index (χ4v) is 4.96. The summed E-state index contributed by atoms with van der Waals surface area (Å²) in [5.41, 5.74) is 2.34. The van der Waals surface area contributed by atoms with E-state index in [0.717, 1.165) is 37.0 Å². The van der Waals surface area contributed by atoms with Crippen LogP contribution in [0.25, 0.3) is 0 Å². The summed E-state index contributed by atoms with van der Waals surface area (Å²) in [6, 6.07) is 14.5. The number of ether oxygens (including phenoxy) is 1. The van der Waals surface area contributed by atoms with Crippen LogP contribution in [0.15, 0.2) is 48.5 Å². The zero-order valence-corrected chi connectivity index (χ0v) is 23.0. The highest BCUT2D eigenvalue weighted by molar-refractivity contribution is 5.94. The predicted molar refractivity (Wildman–Crippen MR) is 148 cm³/mol. The smallest absolute Gasteiger partial charge is 0.322 e. The number of hydrogen-bond donors (Lipinski definition) is 3. The average molecular weight is 524 g/mol. The highest BCUT2D eigenvalue weighted by atomic mass is 16.5. The maximum Gasteiger partial charge on any atom is 0.322 e. The first-order valence-corrected chi connectivity index (χ1v) is 13.5. The number of nitrogens with one attached hydrogen (secondary N) is 2. The largest absolute Gasteiger partial charge is 0.494 e. The molecule has 38 heavy (non-hydrogen) atoms. The minimum absolute atomic E-state index is 0.0760. The van der Waals surface area contributed by atoms with E-state index in [9.17, 15) is 14.4 Å². The van der Waals surface area contributed by atoms with Gasteiger partial charge in [-0.3, -0.25) is 9.59 Å². The Kier molecular flexibility index (Phi) is 10.2. The Hall–Kier alpha value is -3.55. The fraction of sp³-hybridized carbons (Fsp3) is 0.500. The molecule has 1 fully saturated rings. The van der Waals surface area contributed by atoms with E-state index in [1.807, 2.05) is 48.2 Å². The summed E-state index contributed by atoms with van der Waals surface area (Å²) >= 11 is 0. The summed E-state index contributed by atoms with van der Waals surface area (Å²) in [6.45, 7) is 9.87.